The van der Waals surface area contributed by atoms with Gasteiger partial charge in [-0.3, -0.25) is 14.5 Å². The highest BCUT2D eigenvalue weighted by Crippen LogP contribution is 2.41. The van der Waals surface area contributed by atoms with Gasteiger partial charge in [0.25, 0.3) is 0 Å². The molecule has 0 spiro atoms. The Balaban J connectivity index is 1.60. The Morgan fingerprint density at radius 1 is 1.28 bits per heavy atom. The number of nitrogens with zero attached hydrogens (tertiary/aromatic N) is 1. The number of para-hydroxylation sites is 1. The molecule has 1 aromatic carbocycles. The molecule has 25 heavy (non-hydrogen) atoms. The minimum absolute atomic E-state index is 0.0278. The number of aliphatic carboxylic acids is 1. The van der Waals surface area contributed by atoms with Crippen molar-refractivity contribution in [2.45, 2.75) is 32.2 Å². The van der Waals surface area contributed by atoms with Crippen molar-refractivity contribution in [2.24, 2.45) is 11.8 Å². The van der Waals surface area contributed by atoms with E-state index in [0.717, 1.165) is 17.9 Å². The first kappa shape index (κ1) is 17.7. The van der Waals surface area contributed by atoms with E-state index in [2.05, 4.69) is 5.32 Å². The summed E-state index contributed by atoms with van der Waals surface area (Å²) in [7, 11) is 0. The molecule has 1 aliphatic carbocycles. The molecule has 1 aromatic rings. The van der Waals surface area contributed by atoms with Crippen LogP contribution >= 0.6 is 0 Å². The molecule has 2 N–H and O–H groups in total. The minimum atomic E-state index is -0.813. The van der Waals surface area contributed by atoms with Crippen LogP contribution in [-0.2, 0) is 16.0 Å². The first-order valence-electron chi connectivity index (χ1n) is 9.01. The van der Waals surface area contributed by atoms with E-state index < -0.39 is 5.97 Å². The van der Waals surface area contributed by atoms with E-state index in [1.807, 2.05) is 36.1 Å². The maximum Gasteiger partial charge on any atom is 0.317 e. The molecule has 1 saturated carbocycles. The molecule has 2 atom stereocenters. The van der Waals surface area contributed by atoms with Gasteiger partial charge in [0.2, 0.25) is 5.91 Å². The number of hydrogen-bond acceptors (Lipinski definition) is 4. The summed E-state index contributed by atoms with van der Waals surface area (Å²) in [6.07, 6.45) is 2.65. The van der Waals surface area contributed by atoms with E-state index in [1.54, 1.807) is 0 Å². The van der Waals surface area contributed by atoms with Crippen molar-refractivity contribution in [1.82, 2.24) is 10.2 Å². The number of amides is 1. The van der Waals surface area contributed by atoms with Crippen molar-refractivity contribution < 1.29 is 19.4 Å². The molecule has 1 saturated heterocycles. The molecule has 1 amide bonds. The number of hydrogen-bond donors (Lipinski definition) is 2. The highest BCUT2D eigenvalue weighted by Gasteiger charge is 2.43. The second-order valence-corrected chi connectivity index (χ2v) is 6.98. The smallest absolute Gasteiger partial charge is 0.317 e. The van der Waals surface area contributed by atoms with Crippen LogP contribution in [0.1, 0.15) is 25.3 Å². The standard InChI is InChI=1S/C19H26N2O4/c1-2-25-17-6-4-3-5-14(17)9-18(22)20-16-11-21(12-19(23)24)10-15(16)13-7-8-13/h3-6,13,15-16H,2,7-12H2,1H3,(H,20,22)(H,23,24)/t15-,16+/m0/s1. The third kappa shape index (κ3) is 4.72. The van der Waals surface area contributed by atoms with Gasteiger partial charge in [-0.15, -0.1) is 0 Å². The summed E-state index contributed by atoms with van der Waals surface area (Å²) in [5, 5.41) is 12.2. The third-order valence-corrected chi connectivity index (χ3v) is 5.00. The summed E-state index contributed by atoms with van der Waals surface area (Å²) in [5.41, 5.74) is 0.880. The topological polar surface area (TPSA) is 78.9 Å². The fourth-order valence-electron chi connectivity index (χ4n) is 3.77. The number of rotatable bonds is 8. The average Bonchev–Trinajstić information content (AvgIpc) is 3.32. The number of carboxylic acid groups (broad SMARTS) is 1. The van der Waals surface area contributed by atoms with Gasteiger partial charge < -0.3 is 15.2 Å². The Bertz CT molecular complexity index is 630. The maximum absolute atomic E-state index is 12.5. The molecular formula is C19H26N2O4. The number of carbonyl (C=O) groups excluding carboxylic acids is 1. The third-order valence-electron chi connectivity index (χ3n) is 5.00. The van der Waals surface area contributed by atoms with Crippen molar-refractivity contribution >= 4 is 11.9 Å². The molecule has 0 radical (unpaired) electrons. The first-order valence-corrected chi connectivity index (χ1v) is 9.01. The highest BCUT2D eigenvalue weighted by molar-refractivity contribution is 5.79. The van der Waals surface area contributed by atoms with Gasteiger partial charge in [0, 0.05) is 24.7 Å². The predicted molar refractivity (Wildman–Crippen MR) is 93.5 cm³/mol. The van der Waals surface area contributed by atoms with E-state index in [-0.39, 0.29) is 24.9 Å². The van der Waals surface area contributed by atoms with Crippen LogP contribution in [0.2, 0.25) is 0 Å². The minimum Gasteiger partial charge on any atom is -0.494 e. The summed E-state index contributed by atoms with van der Waals surface area (Å²) >= 11 is 0. The predicted octanol–water partition coefficient (Wildman–Crippen LogP) is 1.54. The Labute approximate surface area is 148 Å². The largest absolute Gasteiger partial charge is 0.494 e. The van der Waals surface area contributed by atoms with E-state index in [4.69, 9.17) is 9.84 Å². The molecule has 0 aromatic heterocycles. The van der Waals surface area contributed by atoms with Crippen LogP contribution in [-0.4, -0.2) is 54.2 Å². The molecule has 2 fully saturated rings. The molecule has 0 unspecified atom stereocenters. The van der Waals surface area contributed by atoms with Gasteiger partial charge in [-0.05, 0) is 37.7 Å². The second-order valence-electron chi connectivity index (χ2n) is 6.98. The van der Waals surface area contributed by atoms with Crippen LogP contribution in [0.3, 0.4) is 0 Å². The molecule has 3 rings (SSSR count). The summed E-state index contributed by atoms with van der Waals surface area (Å²) in [6.45, 7) is 3.91. The first-order chi connectivity index (χ1) is 12.1. The highest BCUT2D eigenvalue weighted by atomic mass is 16.5. The zero-order valence-electron chi connectivity index (χ0n) is 14.6. The molecule has 2 aliphatic rings. The van der Waals surface area contributed by atoms with Crippen LogP contribution in [0, 0.1) is 11.8 Å². The van der Waals surface area contributed by atoms with E-state index in [9.17, 15) is 9.59 Å². The van der Waals surface area contributed by atoms with Crippen LogP contribution in [0.15, 0.2) is 24.3 Å². The van der Waals surface area contributed by atoms with Gasteiger partial charge in [0.05, 0.1) is 19.6 Å². The lowest BCUT2D eigenvalue weighted by molar-refractivity contribution is -0.138. The number of carbonyl (C=O) groups is 2. The Morgan fingerprint density at radius 3 is 2.72 bits per heavy atom. The molecule has 1 aliphatic heterocycles. The lowest BCUT2D eigenvalue weighted by atomic mass is 9.98. The summed E-state index contributed by atoms with van der Waals surface area (Å²) in [4.78, 5) is 25.4. The molecular weight excluding hydrogens is 320 g/mol. The van der Waals surface area contributed by atoms with Gasteiger partial charge in [-0.25, -0.2) is 0 Å². The number of carboxylic acids is 1. The zero-order chi connectivity index (χ0) is 17.8. The van der Waals surface area contributed by atoms with Gasteiger partial charge in [-0.1, -0.05) is 18.2 Å². The number of ether oxygens (including phenoxy) is 1. The summed E-state index contributed by atoms with van der Waals surface area (Å²) < 4.78 is 5.58. The number of nitrogens with one attached hydrogen (secondary N) is 1. The maximum atomic E-state index is 12.5. The monoisotopic (exact) mass is 346 g/mol. The lowest BCUT2D eigenvalue weighted by Crippen LogP contribution is -2.42. The van der Waals surface area contributed by atoms with Crippen molar-refractivity contribution in [3.05, 3.63) is 29.8 Å². The zero-order valence-corrected chi connectivity index (χ0v) is 14.6. The molecule has 6 heteroatoms. The molecule has 0 bridgehead atoms. The van der Waals surface area contributed by atoms with Gasteiger partial charge in [-0.2, -0.15) is 0 Å². The molecule has 1 heterocycles. The van der Waals surface area contributed by atoms with Crippen LogP contribution in [0.5, 0.6) is 5.75 Å². The Morgan fingerprint density at radius 2 is 2.04 bits per heavy atom. The lowest BCUT2D eigenvalue weighted by Gasteiger charge is -2.20. The second kappa shape index (κ2) is 7.87. The molecule has 136 valence electrons. The fraction of sp³-hybridized carbons (Fsp3) is 0.579. The van der Waals surface area contributed by atoms with E-state index >= 15 is 0 Å². The van der Waals surface area contributed by atoms with Crippen molar-refractivity contribution in [1.29, 1.82) is 0 Å². The van der Waals surface area contributed by atoms with Gasteiger partial charge >= 0.3 is 5.97 Å². The summed E-state index contributed by atoms with van der Waals surface area (Å²) in [5.74, 6) is 0.898. The van der Waals surface area contributed by atoms with Crippen LogP contribution in [0.25, 0.3) is 0 Å². The van der Waals surface area contributed by atoms with Crippen molar-refractivity contribution in [3.8, 4) is 5.75 Å². The van der Waals surface area contributed by atoms with Crippen LogP contribution < -0.4 is 10.1 Å². The SMILES string of the molecule is CCOc1ccccc1CC(=O)N[C@@H]1CN(CC(=O)O)C[C@H]1C1CC1. The van der Waals surface area contributed by atoms with Crippen LogP contribution in [0.4, 0.5) is 0 Å². The quantitative estimate of drug-likeness (QED) is 0.746. The Hall–Kier alpha value is -2.08. The number of likely N-dealkylation sites (tertiary alicyclic amines) is 1. The normalized spacial score (nSPS) is 23.4. The average molecular weight is 346 g/mol. The van der Waals surface area contributed by atoms with Gasteiger partial charge in [0.1, 0.15) is 5.75 Å². The van der Waals surface area contributed by atoms with Crippen molar-refractivity contribution in [3.63, 3.8) is 0 Å². The Kier molecular flexibility index (Phi) is 5.58. The summed E-state index contributed by atoms with van der Waals surface area (Å²) in [6, 6.07) is 7.63. The van der Waals surface area contributed by atoms with E-state index in [0.29, 0.717) is 25.0 Å². The fourth-order valence-corrected chi connectivity index (χ4v) is 3.77. The van der Waals surface area contributed by atoms with Gasteiger partial charge in [0.15, 0.2) is 0 Å². The molecule has 6 nitrogen and oxygen atoms in total. The number of benzene rings is 1. The van der Waals surface area contributed by atoms with E-state index in [1.165, 1.54) is 12.8 Å². The van der Waals surface area contributed by atoms with Crippen molar-refractivity contribution in [2.75, 3.05) is 26.2 Å².